The Bertz CT molecular complexity index is 978. The molecule has 24 heavy (non-hydrogen) atoms. The lowest BCUT2D eigenvalue weighted by atomic mass is 10.1. The van der Waals surface area contributed by atoms with Crippen LogP contribution < -0.4 is 5.56 Å². The summed E-state index contributed by atoms with van der Waals surface area (Å²) < 4.78 is 1.76. The maximum absolute atomic E-state index is 13.0. The molecule has 3 aromatic rings. The summed E-state index contributed by atoms with van der Waals surface area (Å²) in [6.07, 6.45) is 2.61. The van der Waals surface area contributed by atoms with Gasteiger partial charge in [0.05, 0.1) is 23.6 Å². The molecule has 0 unspecified atom stereocenters. The molecule has 0 N–H and O–H groups in total. The number of thiophene rings is 1. The topological polar surface area (TPSA) is 58.7 Å². The number of hydrogen-bond acceptors (Lipinski definition) is 4. The van der Waals surface area contributed by atoms with Gasteiger partial charge in [0, 0.05) is 11.3 Å². The summed E-state index contributed by atoms with van der Waals surface area (Å²) in [4.78, 5) is 19.7. The predicted octanol–water partition coefficient (Wildman–Crippen LogP) is 3.89. The van der Waals surface area contributed by atoms with Crippen LogP contribution in [0.25, 0.3) is 10.2 Å². The quantitative estimate of drug-likeness (QED) is 0.709. The fourth-order valence-electron chi connectivity index (χ4n) is 2.78. The predicted molar refractivity (Wildman–Crippen MR) is 97.5 cm³/mol. The van der Waals surface area contributed by atoms with Crippen LogP contribution in [0.3, 0.4) is 0 Å². The minimum Gasteiger partial charge on any atom is -0.292 e. The standard InChI is InChI=1S/C19H19N3OS/c1-3-6-17-21-18-16(10-15(4-2)24-18)19(23)22(17)12-14-8-5-7-13(9-14)11-20/h5,7-10H,3-4,6,12H2,1-2H3. The second-order valence-corrected chi connectivity index (χ2v) is 6.88. The molecular weight excluding hydrogens is 318 g/mol. The van der Waals surface area contributed by atoms with Crippen molar-refractivity contribution >= 4 is 21.6 Å². The summed E-state index contributed by atoms with van der Waals surface area (Å²) in [5, 5.41) is 9.77. The van der Waals surface area contributed by atoms with Gasteiger partial charge in [-0.05, 0) is 36.6 Å². The average molecular weight is 337 g/mol. The summed E-state index contributed by atoms with van der Waals surface area (Å²) >= 11 is 1.61. The van der Waals surface area contributed by atoms with Crippen molar-refractivity contribution in [3.05, 3.63) is 62.5 Å². The smallest absolute Gasteiger partial charge is 0.262 e. The van der Waals surface area contributed by atoms with E-state index in [-0.39, 0.29) is 5.56 Å². The first kappa shape index (κ1) is 16.4. The molecule has 0 atom stereocenters. The summed E-state index contributed by atoms with van der Waals surface area (Å²) in [7, 11) is 0. The lowest BCUT2D eigenvalue weighted by Crippen LogP contribution is -2.25. The van der Waals surface area contributed by atoms with Gasteiger partial charge in [0.2, 0.25) is 0 Å². The van der Waals surface area contributed by atoms with E-state index in [1.165, 1.54) is 4.88 Å². The van der Waals surface area contributed by atoms with Crippen LogP contribution in [-0.2, 0) is 19.4 Å². The summed E-state index contributed by atoms with van der Waals surface area (Å²) in [6.45, 7) is 4.62. The van der Waals surface area contributed by atoms with E-state index in [2.05, 4.69) is 19.9 Å². The van der Waals surface area contributed by atoms with E-state index in [1.54, 1.807) is 22.0 Å². The zero-order chi connectivity index (χ0) is 17.1. The largest absolute Gasteiger partial charge is 0.292 e. The third-order valence-corrected chi connectivity index (χ3v) is 5.17. The Morgan fingerprint density at radius 2 is 2.12 bits per heavy atom. The second-order valence-electron chi connectivity index (χ2n) is 5.77. The molecule has 2 heterocycles. The first-order valence-electron chi connectivity index (χ1n) is 8.17. The van der Waals surface area contributed by atoms with Gasteiger partial charge >= 0.3 is 0 Å². The van der Waals surface area contributed by atoms with Crippen LogP contribution in [0.4, 0.5) is 0 Å². The number of nitrogens with zero attached hydrogens (tertiary/aromatic N) is 3. The van der Waals surface area contributed by atoms with Crippen molar-refractivity contribution in [2.24, 2.45) is 0 Å². The molecule has 3 rings (SSSR count). The van der Waals surface area contributed by atoms with E-state index in [0.717, 1.165) is 35.5 Å². The molecule has 122 valence electrons. The van der Waals surface area contributed by atoms with Crippen LogP contribution in [0.2, 0.25) is 0 Å². The van der Waals surface area contributed by atoms with E-state index >= 15 is 0 Å². The SMILES string of the molecule is CCCc1nc2sc(CC)cc2c(=O)n1Cc1cccc(C#N)c1. The molecule has 0 aliphatic rings. The molecule has 0 saturated carbocycles. The molecule has 0 aliphatic heterocycles. The van der Waals surface area contributed by atoms with Crippen molar-refractivity contribution in [3.8, 4) is 6.07 Å². The number of aromatic nitrogens is 2. The molecule has 0 radical (unpaired) electrons. The van der Waals surface area contributed by atoms with Crippen molar-refractivity contribution in [1.82, 2.24) is 9.55 Å². The van der Waals surface area contributed by atoms with Gasteiger partial charge in [0.15, 0.2) is 0 Å². The van der Waals surface area contributed by atoms with Gasteiger partial charge in [0.1, 0.15) is 10.7 Å². The maximum atomic E-state index is 13.0. The van der Waals surface area contributed by atoms with Crippen LogP contribution in [0, 0.1) is 11.3 Å². The van der Waals surface area contributed by atoms with Crippen LogP contribution in [-0.4, -0.2) is 9.55 Å². The monoisotopic (exact) mass is 337 g/mol. The molecule has 0 aliphatic carbocycles. The van der Waals surface area contributed by atoms with Crippen LogP contribution >= 0.6 is 11.3 Å². The Morgan fingerprint density at radius 1 is 1.29 bits per heavy atom. The number of benzene rings is 1. The highest BCUT2D eigenvalue weighted by atomic mass is 32.1. The van der Waals surface area contributed by atoms with Gasteiger partial charge in [-0.15, -0.1) is 11.3 Å². The highest BCUT2D eigenvalue weighted by Crippen LogP contribution is 2.22. The Kier molecular flexibility index (Phi) is 4.77. The van der Waals surface area contributed by atoms with E-state index in [0.29, 0.717) is 17.5 Å². The molecule has 0 fully saturated rings. The third kappa shape index (κ3) is 3.10. The van der Waals surface area contributed by atoms with Crippen LogP contribution in [0.5, 0.6) is 0 Å². The normalized spacial score (nSPS) is 10.9. The minimum atomic E-state index is 0.0155. The van der Waals surface area contributed by atoms with Gasteiger partial charge in [-0.3, -0.25) is 9.36 Å². The molecule has 0 bridgehead atoms. The fraction of sp³-hybridized carbons (Fsp3) is 0.316. The van der Waals surface area contributed by atoms with Crippen molar-refractivity contribution in [2.45, 2.75) is 39.7 Å². The zero-order valence-electron chi connectivity index (χ0n) is 13.9. The summed E-state index contributed by atoms with van der Waals surface area (Å²) in [6, 6.07) is 11.5. The number of aryl methyl sites for hydroxylation is 2. The molecular formula is C19H19N3OS. The lowest BCUT2D eigenvalue weighted by molar-refractivity contribution is 0.666. The average Bonchev–Trinajstić information content (AvgIpc) is 3.02. The summed E-state index contributed by atoms with van der Waals surface area (Å²) in [5.41, 5.74) is 1.57. The van der Waals surface area contributed by atoms with Crippen LogP contribution in [0.1, 0.15) is 42.1 Å². The van der Waals surface area contributed by atoms with E-state index < -0.39 is 0 Å². The molecule has 4 nitrogen and oxygen atoms in total. The van der Waals surface area contributed by atoms with Gasteiger partial charge in [0.25, 0.3) is 5.56 Å². The van der Waals surface area contributed by atoms with Gasteiger partial charge < -0.3 is 0 Å². The van der Waals surface area contributed by atoms with Crippen molar-refractivity contribution in [2.75, 3.05) is 0 Å². The highest BCUT2D eigenvalue weighted by Gasteiger charge is 2.14. The molecule has 5 heteroatoms. The number of rotatable bonds is 5. The molecule has 0 amide bonds. The molecule has 0 spiro atoms. The van der Waals surface area contributed by atoms with Gasteiger partial charge in [-0.25, -0.2) is 4.98 Å². The maximum Gasteiger partial charge on any atom is 0.262 e. The second kappa shape index (κ2) is 6.98. The van der Waals surface area contributed by atoms with E-state index in [1.807, 2.05) is 24.3 Å². The van der Waals surface area contributed by atoms with Crippen molar-refractivity contribution in [1.29, 1.82) is 5.26 Å². The molecule has 0 saturated heterocycles. The molecule has 2 aromatic heterocycles. The Morgan fingerprint density at radius 3 is 2.83 bits per heavy atom. The van der Waals surface area contributed by atoms with Gasteiger partial charge in [-0.1, -0.05) is 26.0 Å². The highest BCUT2D eigenvalue weighted by molar-refractivity contribution is 7.18. The Labute approximate surface area is 145 Å². The third-order valence-electron chi connectivity index (χ3n) is 4.00. The first-order chi connectivity index (χ1) is 11.7. The number of fused-ring (bicyclic) bond motifs is 1. The Balaban J connectivity index is 2.13. The Hall–Kier alpha value is -2.45. The number of hydrogen-bond donors (Lipinski definition) is 0. The van der Waals surface area contributed by atoms with Crippen molar-refractivity contribution in [3.63, 3.8) is 0 Å². The van der Waals surface area contributed by atoms with Crippen molar-refractivity contribution < 1.29 is 0 Å². The molecule has 1 aromatic carbocycles. The number of nitriles is 1. The fourth-order valence-corrected chi connectivity index (χ4v) is 3.76. The van der Waals surface area contributed by atoms with E-state index in [4.69, 9.17) is 10.2 Å². The van der Waals surface area contributed by atoms with E-state index in [9.17, 15) is 4.79 Å². The first-order valence-corrected chi connectivity index (χ1v) is 8.99. The minimum absolute atomic E-state index is 0.0155. The van der Waals surface area contributed by atoms with Gasteiger partial charge in [-0.2, -0.15) is 5.26 Å². The van der Waals surface area contributed by atoms with Crippen LogP contribution in [0.15, 0.2) is 35.1 Å². The lowest BCUT2D eigenvalue weighted by Gasteiger charge is -2.12. The summed E-state index contributed by atoms with van der Waals surface area (Å²) in [5.74, 6) is 0.821. The zero-order valence-corrected chi connectivity index (χ0v) is 14.7.